The van der Waals surface area contributed by atoms with Gasteiger partial charge in [-0.1, -0.05) is 6.08 Å². The topological polar surface area (TPSA) is 73.8 Å². The Morgan fingerprint density at radius 1 is 1.42 bits per heavy atom. The van der Waals surface area contributed by atoms with Gasteiger partial charge in [0.1, 0.15) is 31.3 Å². The number of nitrogens with zero attached hydrogens (tertiary/aromatic N) is 3. The quantitative estimate of drug-likeness (QED) is 0.798. The van der Waals surface area contributed by atoms with Crippen LogP contribution in [0.15, 0.2) is 30.5 Å². The van der Waals surface area contributed by atoms with E-state index in [4.69, 9.17) is 14.2 Å². The summed E-state index contributed by atoms with van der Waals surface area (Å²) < 4.78 is 38.4. The highest BCUT2D eigenvalue weighted by Gasteiger charge is 2.35. The van der Waals surface area contributed by atoms with Crippen LogP contribution in [0.4, 0.5) is 14.9 Å². The first-order valence-corrected chi connectivity index (χ1v) is 8.88. The maximum atomic E-state index is 14.6. The van der Waals surface area contributed by atoms with Gasteiger partial charge in [0, 0.05) is 5.56 Å². The van der Waals surface area contributed by atoms with Crippen molar-refractivity contribution in [1.29, 1.82) is 0 Å². The second-order valence-electron chi connectivity index (χ2n) is 5.88. The maximum absolute atomic E-state index is 14.6. The van der Waals surface area contributed by atoms with E-state index in [9.17, 15) is 9.18 Å². The molecular formula is C17H16FN3O4S. The van der Waals surface area contributed by atoms with Crippen LogP contribution in [0.25, 0.3) is 5.57 Å². The molecule has 0 aliphatic carbocycles. The lowest BCUT2D eigenvalue weighted by Crippen LogP contribution is -2.38. The van der Waals surface area contributed by atoms with Crippen molar-refractivity contribution in [2.24, 2.45) is 0 Å². The van der Waals surface area contributed by atoms with Crippen LogP contribution in [0.3, 0.4) is 0 Å². The second-order valence-corrected chi connectivity index (χ2v) is 6.43. The molecule has 0 spiro atoms. The molecule has 3 heterocycles. The number of carbonyl (C=O) groups is 1. The summed E-state index contributed by atoms with van der Waals surface area (Å²) >= 11 is 1.04. The van der Waals surface area contributed by atoms with E-state index in [1.165, 1.54) is 17.2 Å². The fourth-order valence-corrected chi connectivity index (χ4v) is 3.35. The second kappa shape index (κ2) is 7.38. The number of aromatic nitrogens is 2. The van der Waals surface area contributed by atoms with Gasteiger partial charge in [-0.2, -0.15) is 4.37 Å². The SMILES string of the molecule is O=C1OCC(COc2cnsn2)N1c1ccc(C2=CCOCC2)c(F)c1. The summed E-state index contributed by atoms with van der Waals surface area (Å²) in [6, 6.07) is 4.40. The van der Waals surface area contributed by atoms with E-state index in [1.807, 2.05) is 6.08 Å². The number of cyclic esters (lactones) is 1. The molecule has 1 saturated heterocycles. The summed E-state index contributed by atoms with van der Waals surface area (Å²) in [6.07, 6.45) is 3.53. The Bertz CT molecular complexity index is 827. The number of benzene rings is 1. The van der Waals surface area contributed by atoms with Crippen molar-refractivity contribution in [3.63, 3.8) is 0 Å². The molecule has 2 aliphatic rings. The van der Waals surface area contributed by atoms with E-state index in [1.54, 1.807) is 12.1 Å². The fraction of sp³-hybridized carbons (Fsp3) is 0.353. The standard InChI is InChI=1S/C17H16FN3O4S/c18-15-7-12(1-2-14(15)11-3-5-23-6-4-11)21-13(10-25-17(21)22)9-24-16-8-19-26-20-16/h1-3,7-8,13H,4-6,9-10H2. The van der Waals surface area contributed by atoms with Gasteiger partial charge in [0.15, 0.2) is 0 Å². The van der Waals surface area contributed by atoms with Gasteiger partial charge in [0.05, 0.1) is 30.6 Å². The van der Waals surface area contributed by atoms with E-state index in [2.05, 4.69) is 8.75 Å². The first-order chi connectivity index (χ1) is 12.7. The van der Waals surface area contributed by atoms with E-state index in [0.29, 0.717) is 36.8 Å². The molecule has 9 heteroatoms. The Morgan fingerprint density at radius 2 is 2.35 bits per heavy atom. The smallest absolute Gasteiger partial charge is 0.414 e. The average Bonchev–Trinajstić information content (AvgIpc) is 3.30. The highest BCUT2D eigenvalue weighted by Crippen LogP contribution is 2.30. The minimum Gasteiger partial charge on any atom is -0.474 e. The van der Waals surface area contributed by atoms with E-state index in [-0.39, 0.29) is 25.1 Å². The van der Waals surface area contributed by atoms with Crippen molar-refractivity contribution in [3.8, 4) is 5.88 Å². The highest BCUT2D eigenvalue weighted by molar-refractivity contribution is 6.99. The minimum absolute atomic E-state index is 0.169. The van der Waals surface area contributed by atoms with Gasteiger partial charge >= 0.3 is 6.09 Å². The molecule has 4 rings (SSSR count). The van der Waals surface area contributed by atoms with Crippen LogP contribution in [0, 0.1) is 5.82 Å². The van der Waals surface area contributed by atoms with Gasteiger partial charge in [0.25, 0.3) is 0 Å². The number of hydrogen-bond donors (Lipinski definition) is 0. The number of amides is 1. The summed E-state index contributed by atoms with van der Waals surface area (Å²) in [5.74, 6) is 0.0148. The summed E-state index contributed by atoms with van der Waals surface area (Å²) in [5.41, 5.74) is 1.89. The zero-order chi connectivity index (χ0) is 17.9. The van der Waals surface area contributed by atoms with Crippen LogP contribution in [0.5, 0.6) is 5.88 Å². The van der Waals surface area contributed by atoms with Gasteiger partial charge in [-0.25, -0.2) is 9.18 Å². The van der Waals surface area contributed by atoms with Crippen LogP contribution in [0.2, 0.25) is 0 Å². The number of anilines is 1. The fourth-order valence-electron chi connectivity index (χ4n) is 2.99. The van der Waals surface area contributed by atoms with Gasteiger partial charge in [-0.15, -0.1) is 4.37 Å². The molecule has 136 valence electrons. The molecule has 0 radical (unpaired) electrons. The zero-order valence-electron chi connectivity index (χ0n) is 13.8. The molecule has 1 aromatic heterocycles. The van der Waals surface area contributed by atoms with Crippen LogP contribution in [0.1, 0.15) is 12.0 Å². The number of halogens is 1. The van der Waals surface area contributed by atoms with Crippen LogP contribution < -0.4 is 9.64 Å². The molecule has 2 aromatic rings. The number of carbonyl (C=O) groups excluding carboxylic acids is 1. The molecule has 1 aromatic carbocycles. The molecule has 0 N–H and O–H groups in total. The number of ether oxygens (including phenoxy) is 3. The van der Waals surface area contributed by atoms with E-state index >= 15 is 0 Å². The lowest BCUT2D eigenvalue weighted by Gasteiger charge is -2.22. The Labute approximate surface area is 153 Å². The largest absolute Gasteiger partial charge is 0.474 e. The van der Waals surface area contributed by atoms with Crippen molar-refractivity contribution >= 4 is 29.1 Å². The predicted molar refractivity (Wildman–Crippen MR) is 92.8 cm³/mol. The molecule has 26 heavy (non-hydrogen) atoms. The van der Waals surface area contributed by atoms with Crippen molar-refractivity contribution in [2.45, 2.75) is 12.5 Å². The average molecular weight is 377 g/mol. The van der Waals surface area contributed by atoms with Gasteiger partial charge in [-0.3, -0.25) is 4.90 Å². The molecule has 1 unspecified atom stereocenters. The molecule has 1 atom stereocenters. The van der Waals surface area contributed by atoms with E-state index in [0.717, 1.165) is 17.3 Å². The highest BCUT2D eigenvalue weighted by atomic mass is 32.1. The predicted octanol–water partition coefficient (Wildman–Crippen LogP) is 2.89. The Morgan fingerprint density at radius 3 is 3.08 bits per heavy atom. The van der Waals surface area contributed by atoms with Gasteiger partial charge in [-0.05, 0) is 30.2 Å². The van der Waals surface area contributed by atoms with Crippen LogP contribution in [-0.2, 0) is 9.47 Å². The molecule has 7 nitrogen and oxygen atoms in total. The minimum atomic E-state index is -0.521. The summed E-state index contributed by atoms with van der Waals surface area (Å²) in [5, 5.41) is 0. The monoisotopic (exact) mass is 377 g/mol. The third-order valence-corrected chi connectivity index (χ3v) is 4.73. The molecule has 0 saturated carbocycles. The molecular weight excluding hydrogens is 361 g/mol. The van der Waals surface area contributed by atoms with E-state index < -0.39 is 6.09 Å². The third kappa shape index (κ3) is 3.40. The van der Waals surface area contributed by atoms with Crippen molar-refractivity contribution in [1.82, 2.24) is 8.75 Å². The van der Waals surface area contributed by atoms with Crippen LogP contribution >= 0.6 is 11.7 Å². The van der Waals surface area contributed by atoms with Crippen molar-refractivity contribution in [3.05, 3.63) is 41.9 Å². The Balaban J connectivity index is 1.53. The van der Waals surface area contributed by atoms with Crippen molar-refractivity contribution in [2.75, 3.05) is 31.3 Å². The summed E-state index contributed by atoms with van der Waals surface area (Å²) in [4.78, 5) is 13.5. The number of rotatable bonds is 5. The van der Waals surface area contributed by atoms with Gasteiger partial charge < -0.3 is 14.2 Å². The molecule has 0 bridgehead atoms. The normalized spacial score (nSPS) is 20.0. The van der Waals surface area contributed by atoms with Gasteiger partial charge in [0.2, 0.25) is 5.88 Å². The molecule has 1 fully saturated rings. The lowest BCUT2D eigenvalue weighted by atomic mass is 10.0. The lowest BCUT2D eigenvalue weighted by molar-refractivity contribution is 0.161. The maximum Gasteiger partial charge on any atom is 0.414 e. The van der Waals surface area contributed by atoms with Crippen molar-refractivity contribution < 1.29 is 23.4 Å². The van der Waals surface area contributed by atoms with Crippen LogP contribution in [-0.4, -0.2) is 47.3 Å². The first kappa shape index (κ1) is 16.9. The zero-order valence-corrected chi connectivity index (χ0v) is 14.6. The Hall–Kier alpha value is -2.52. The summed E-state index contributed by atoms with van der Waals surface area (Å²) in [7, 11) is 0. The summed E-state index contributed by atoms with van der Waals surface area (Å²) in [6.45, 7) is 1.42. The molecule has 2 aliphatic heterocycles. The third-order valence-electron chi connectivity index (χ3n) is 4.27. The first-order valence-electron chi connectivity index (χ1n) is 8.15. The molecule has 1 amide bonds. The number of hydrogen-bond acceptors (Lipinski definition) is 7. The Kier molecular flexibility index (Phi) is 4.81.